The average molecular weight is 339 g/mol. The topological polar surface area (TPSA) is 57.2 Å². The number of hydrogen-bond acceptors (Lipinski definition) is 5. The number of halogens is 1. The molecule has 0 amide bonds. The Labute approximate surface area is 140 Å². The molecule has 2 rings (SSSR count). The third-order valence-electron chi connectivity index (χ3n) is 3.49. The van der Waals surface area contributed by atoms with E-state index >= 15 is 0 Å². The number of aromatic hydroxyl groups is 1. The van der Waals surface area contributed by atoms with Crippen molar-refractivity contribution in [1.29, 1.82) is 0 Å². The van der Waals surface area contributed by atoms with E-state index in [-0.39, 0.29) is 17.4 Å². The van der Waals surface area contributed by atoms with Crippen molar-refractivity contribution in [1.82, 2.24) is 0 Å². The Bertz CT molecular complexity index is 678. The number of methoxy groups -OCH3 is 4. The summed E-state index contributed by atoms with van der Waals surface area (Å²) in [4.78, 5) is 0. The molecule has 0 radical (unpaired) electrons. The minimum atomic E-state index is 0.0145. The summed E-state index contributed by atoms with van der Waals surface area (Å²) in [6.07, 6.45) is 0. The fraction of sp³-hybridized carbons (Fsp3) is 0.294. The predicted molar refractivity (Wildman–Crippen MR) is 88.9 cm³/mol. The van der Waals surface area contributed by atoms with E-state index in [0.29, 0.717) is 33.9 Å². The van der Waals surface area contributed by atoms with E-state index in [1.807, 2.05) is 6.07 Å². The van der Waals surface area contributed by atoms with Crippen LogP contribution in [0.1, 0.15) is 5.56 Å². The third kappa shape index (κ3) is 3.16. The first-order chi connectivity index (χ1) is 11.1. The second kappa shape index (κ2) is 7.44. The van der Waals surface area contributed by atoms with Gasteiger partial charge >= 0.3 is 0 Å². The molecule has 1 N–H and O–H groups in total. The van der Waals surface area contributed by atoms with Crippen LogP contribution in [0.2, 0.25) is 5.02 Å². The Hall–Kier alpha value is -2.11. The first-order valence-electron chi connectivity index (χ1n) is 6.87. The fourth-order valence-electron chi connectivity index (χ4n) is 2.51. The van der Waals surface area contributed by atoms with Crippen molar-refractivity contribution in [2.45, 2.75) is 6.61 Å². The summed E-state index contributed by atoms with van der Waals surface area (Å²) in [7, 11) is 6.18. The molecule has 5 nitrogen and oxygen atoms in total. The van der Waals surface area contributed by atoms with Crippen LogP contribution in [0, 0.1) is 0 Å². The molecule has 124 valence electrons. The summed E-state index contributed by atoms with van der Waals surface area (Å²) in [6.45, 7) is 0.176. The lowest BCUT2D eigenvalue weighted by molar-refractivity contribution is 0.182. The molecular formula is C17H19ClO5. The van der Waals surface area contributed by atoms with Crippen LogP contribution in [0.5, 0.6) is 23.0 Å². The van der Waals surface area contributed by atoms with Crippen molar-refractivity contribution in [3.05, 3.63) is 34.9 Å². The van der Waals surface area contributed by atoms with Crippen molar-refractivity contribution < 1.29 is 24.1 Å². The van der Waals surface area contributed by atoms with Crippen LogP contribution in [-0.4, -0.2) is 33.5 Å². The van der Waals surface area contributed by atoms with Crippen LogP contribution in [0.15, 0.2) is 24.3 Å². The third-order valence-corrected chi connectivity index (χ3v) is 3.77. The van der Waals surface area contributed by atoms with Crippen molar-refractivity contribution in [2.75, 3.05) is 28.4 Å². The highest BCUT2D eigenvalue weighted by atomic mass is 35.5. The highest BCUT2D eigenvalue weighted by molar-refractivity contribution is 6.33. The molecule has 0 aromatic heterocycles. The lowest BCUT2D eigenvalue weighted by Gasteiger charge is -2.20. The summed E-state index contributed by atoms with van der Waals surface area (Å²) in [5, 5.41) is 10.6. The Kier molecular flexibility index (Phi) is 5.58. The van der Waals surface area contributed by atoms with Gasteiger partial charge in [0.1, 0.15) is 23.0 Å². The van der Waals surface area contributed by atoms with Crippen LogP contribution in [0.25, 0.3) is 11.1 Å². The van der Waals surface area contributed by atoms with Crippen LogP contribution in [-0.2, 0) is 11.3 Å². The zero-order valence-electron chi connectivity index (χ0n) is 13.5. The molecule has 0 saturated carbocycles. The van der Waals surface area contributed by atoms with Gasteiger partial charge in [0, 0.05) is 24.3 Å². The summed E-state index contributed by atoms with van der Waals surface area (Å²) in [5.74, 6) is 1.57. The average Bonchev–Trinajstić information content (AvgIpc) is 2.56. The smallest absolute Gasteiger partial charge is 0.146 e. The van der Waals surface area contributed by atoms with Gasteiger partial charge in [0.2, 0.25) is 0 Å². The molecule has 0 saturated heterocycles. The van der Waals surface area contributed by atoms with Gasteiger partial charge in [-0.15, -0.1) is 0 Å². The first kappa shape index (κ1) is 17.2. The van der Waals surface area contributed by atoms with Crippen molar-refractivity contribution in [3.63, 3.8) is 0 Å². The maximum atomic E-state index is 10.3. The minimum Gasteiger partial charge on any atom is -0.507 e. The Balaban J connectivity index is 2.91. The normalized spacial score (nSPS) is 10.5. The summed E-state index contributed by atoms with van der Waals surface area (Å²) >= 11 is 6.24. The molecule has 0 unspecified atom stereocenters. The van der Waals surface area contributed by atoms with E-state index in [9.17, 15) is 5.11 Å². The van der Waals surface area contributed by atoms with Gasteiger partial charge < -0.3 is 24.1 Å². The van der Waals surface area contributed by atoms with Crippen LogP contribution in [0.4, 0.5) is 0 Å². The quantitative estimate of drug-likeness (QED) is 0.866. The Morgan fingerprint density at radius 3 is 2.04 bits per heavy atom. The number of phenols is 1. The van der Waals surface area contributed by atoms with Crippen molar-refractivity contribution in [2.24, 2.45) is 0 Å². The minimum absolute atomic E-state index is 0.0145. The second-order valence-corrected chi connectivity index (χ2v) is 5.14. The fourth-order valence-corrected chi connectivity index (χ4v) is 2.78. The molecule has 0 atom stereocenters. The maximum Gasteiger partial charge on any atom is 0.146 e. The SMILES string of the molecule is COCc1c(O)cc(Cl)c(OC)c1-c1c(OC)cccc1OC. The van der Waals surface area contributed by atoms with E-state index < -0.39 is 0 Å². The molecule has 0 heterocycles. The van der Waals surface area contributed by atoms with Gasteiger partial charge in [-0.25, -0.2) is 0 Å². The van der Waals surface area contributed by atoms with Gasteiger partial charge in [0.15, 0.2) is 0 Å². The standard InChI is InChI=1S/C17H19ClO5/c1-20-9-10-12(19)8-11(18)17(23-4)15(10)16-13(21-2)6-5-7-14(16)22-3/h5-8,19H,9H2,1-4H3. The number of ether oxygens (including phenoxy) is 4. The van der Waals surface area contributed by atoms with Crippen LogP contribution < -0.4 is 14.2 Å². The zero-order chi connectivity index (χ0) is 17.0. The van der Waals surface area contributed by atoms with Gasteiger partial charge in [-0.05, 0) is 12.1 Å². The molecule has 0 aliphatic carbocycles. The largest absolute Gasteiger partial charge is 0.507 e. The monoisotopic (exact) mass is 338 g/mol. The zero-order valence-corrected chi connectivity index (χ0v) is 14.2. The Morgan fingerprint density at radius 2 is 1.57 bits per heavy atom. The highest BCUT2D eigenvalue weighted by Gasteiger charge is 2.25. The summed E-state index contributed by atoms with van der Waals surface area (Å²) in [5.41, 5.74) is 1.75. The summed E-state index contributed by atoms with van der Waals surface area (Å²) in [6, 6.07) is 6.84. The molecule has 2 aromatic carbocycles. The predicted octanol–water partition coefficient (Wildman–Crippen LogP) is 3.88. The van der Waals surface area contributed by atoms with Gasteiger partial charge in [0.05, 0.1) is 38.5 Å². The van der Waals surface area contributed by atoms with Crippen molar-refractivity contribution >= 4 is 11.6 Å². The second-order valence-electron chi connectivity index (χ2n) is 4.73. The molecule has 23 heavy (non-hydrogen) atoms. The lowest BCUT2D eigenvalue weighted by atomic mass is 9.96. The molecule has 6 heteroatoms. The van der Waals surface area contributed by atoms with Gasteiger partial charge in [0.25, 0.3) is 0 Å². The molecule has 0 aliphatic rings. The molecule has 0 spiro atoms. The molecule has 0 fully saturated rings. The van der Waals surface area contributed by atoms with Crippen LogP contribution in [0.3, 0.4) is 0 Å². The molecule has 0 bridgehead atoms. The van der Waals surface area contributed by atoms with E-state index in [4.69, 9.17) is 30.5 Å². The lowest BCUT2D eigenvalue weighted by Crippen LogP contribution is -2.01. The maximum absolute atomic E-state index is 10.3. The van der Waals surface area contributed by atoms with Gasteiger partial charge in [-0.2, -0.15) is 0 Å². The van der Waals surface area contributed by atoms with E-state index in [2.05, 4.69) is 0 Å². The molecule has 0 aliphatic heterocycles. The van der Waals surface area contributed by atoms with Crippen molar-refractivity contribution in [3.8, 4) is 34.1 Å². The number of phenolic OH excluding ortho intramolecular Hbond substituents is 1. The molecular weight excluding hydrogens is 320 g/mol. The number of hydrogen-bond donors (Lipinski definition) is 1. The van der Waals surface area contributed by atoms with E-state index in [1.54, 1.807) is 33.5 Å². The van der Waals surface area contributed by atoms with Crippen LogP contribution >= 0.6 is 11.6 Å². The van der Waals surface area contributed by atoms with Gasteiger partial charge in [-0.3, -0.25) is 0 Å². The number of rotatable bonds is 6. The first-order valence-corrected chi connectivity index (χ1v) is 7.25. The summed E-state index contributed by atoms with van der Waals surface area (Å²) < 4.78 is 21.6. The number of benzene rings is 2. The highest BCUT2D eigenvalue weighted by Crippen LogP contribution is 2.49. The van der Waals surface area contributed by atoms with E-state index in [0.717, 1.165) is 0 Å². The van der Waals surface area contributed by atoms with E-state index in [1.165, 1.54) is 13.2 Å². The molecule has 2 aromatic rings. The van der Waals surface area contributed by atoms with Gasteiger partial charge in [-0.1, -0.05) is 17.7 Å². The Morgan fingerprint density at radius 1 is 0.957 bits per heavy atom.